The molecule has 0 bridgehead atoms. The van der Waals surface area contributed by atoms with Gasteiger partial charge in [0.1, 0.15) is 10.6 Å². The molecule has 0 atom stereocenters. The number of aryl methyl sites for hydroxylation is 1. The number of hydrogen-bond acceptors (Lipinski definition) is 4. The van der Waals surface area contributed by atoms with Crippen LogP contribution in [0, 0.1) is 18.8 Å². The van der Waals surface area contributed by atoms with Gasteiger partial charge in [0.25, 0.3) is 5.91 Å². The zero-order valence-electron chi connectivity index (χ0n) is 13.9. The van der Waals surface area contributed by atoms with E-state index in [9.17, 15) is 9.90 Å². The maximum atomic E-state index is 12.4. The summed E-state index contributed by atoms with van der Waals surface area (Å²) in [5, 5.41) is 13.4. The molecule has 3 aromatic rings. The number of nitrogens with one attached hydrogen (secondary N) is 1. The van der Waals surface area contributed by atoms with Crippen molar-refractivity contribution in [3.63, 3.8) is 0 Å². The van der Waals surface area contributed by atoms with E-state index in [0.29, 0.717) is 27.1 Å². The second-order valence-electron chi connectivity index (χ2n) is 5.54. The molecule has 26 heavy (non-hydrogen) atoms. The van der Waals surface area contributed by atoms with E-state index in [0.717, 1.165) is 11.1 Å². The van der Waals surface area contributed by atoms with Crippen LogP contribution in [0.15, 0.2) is 48.5 Å². The van der Waals surface area contributed by atoms with Crippen molar-refractivity contribution in [1.82, 2.24) is 10.3 Å². The molecule has 0 spiro atoms. The van der Waals surface area contributed by atoms with E-state index in [1.165, 1.54) is 11.3 Å². The molecule has 6 heteroatoms. The Kier molecular flexibility index (Phi) is 5.57. The first-order valence-electron chi connectivity index (χ1n) is 7.82. The fraction of sp³-hybridized carbons (Fsp3) is 0.100. The number of thiazole rings is 1. The summed E-state index contributed by atoms with van der Waals surface area (Å²) in [5.41, 5.74) is 2.39. The number of aromatic hydroxyl groups is 1. The zero-order chi connectivity index (χ0) is 18.5. The zero-order valence-corrected chi connectivity index (χ0v) is 15.5. The van der Waals surface area contributed by atoms with Crippen LogP contribution in [0.1, 0.15) is 31.5 Å². The first-order valence-corrected chi connectivity index (χ1v) is 9.02. The van der Waals surface area contributed by atoms with Crippen LogP contribution in [-0.2, 0) is 6.54 Å². The summed E-state index contributed by atoms with van der Waals surface area (Å²) in [4.78, 5) is 17.3. The maximum absolute atomic E-state index is 12.4. The second kappa shape index (κ2) is 8.05. The highest BCUT2D eigenvalue weighted by atomic mass is 35.5. The standard InChI is InChI=1S/C20H15ClN2O2S/c1-13-19(20(25)22-12-15-2-7-16(21)8-3-15)26-18(23-13)11-6-14-4-9-17(24)10-5-14/h2-5,7-10,24H,12H2,1H3,(H,22,25). The summed E-state index contributed by atoms with van der Waals surface area (Å²) in [6, 6.07) is 13.9. The van der Waals surface area contributed by atoms with E-state index in [4.69, 9.17) is 11.6 Å². The van der Waals surface area contributed by atoms with Crippen LogP contribution < -0.4 is 5.32 Å². The fourth-order valence-electron chi connectivity index (χ4n) is 2.20. The van der Waals surface area contributed by atoms with Crippen LogP contribution in [0.3, 0.4) is 0 Å². The average Bonchev–Trinajstić information content (AvgIpc) is 3.01. The molecular formula is C20H15ClN2O2S. The number of aromatic nitrogens is 1. The van der Waals surface area contributed by atoms with Crippen LogP contribution in [0.4, 0.5) is 0 Å². The van der Waals surface area contributed by atoms with Crippen molar-refractivity contribution in [1.29, 1.82) is 0 Å². The van der Waals surface area contributed by atoms with Gasteiger partial charge in [-0.3, -0.25) is 4.79 Å². The third-order valence-electron chi connectivity index (χ3n) is 3.55. The highest BCUT2D eigenvalue weighted by Crippen LogP contribution is 2.18. The van der Waals surface area contributed by atoms with E-state index in [-0.39, 0.29) is 11.7 Å². The van der Waals surface area contributed by atoms with E-state index < -0.39 is 0 Å². The number of amides is 1. The van der Waals surface area contributed by atoms with Crippen LogP contribution in [0.2, 0.25) is 5.02 Å². The van der Waals surface area contributed by atoms with E-state index in [2.05, 4.69) is 22.1 Å². The third kappa shape index (κ3) is 4.63. The van der Waals surface area contributed by atoms with Crippen molar-refractivity contribution < 1.29 is 9.90 Å². The molecule has 0 unspecified atom stereocenters. The maximum Gasteiger partial charge on any atom is 0.263 e. The van der Waals surface area contributed by atoms with Gasteiger partial charge in [-0.1, -0.05) is 29.7 Å². The van der Waals surface area contributed by atoms with E-state index >= 15 is 0 Å². The van der Waals surface area contributed by atoms with Crippen molar-refractivity contribution in [3.05, 3.63) is 80.3 Å². The normalized spacial score (nSPS) is 10.1. The fourth-order valence-corrected chi connectivity index (χ4v) is 3.16. The summed E-state index contributed by atoms with van der Waals surface area (Å²) >= 11 is 7.12. The number of carbonyl (C=O) groups is 1. The predicted octanol–water partition coefficient (Wildman–Crippen LogP) is 4.14. The quantitative estimate of drug-likeness (QED) is 0.669. The average molecular weight is 383 g/mol. The SMILES string of the molecule is Cc1nc(C#Cc2ccc(O)cc2)sc1C(=O)NCc1ccc(Cl)cc1. The van der Waals surface area contributed by atoms with Crippen molar-refractivity contribution in [3.8, 4) is 17.6 Å². The number of phenols is 1. The summed E-state index contributed by atoms with van der Waals surface area (Å²) in [5.74, 6) is 5.95. The molecule has 130 valence electrons. The van der Waals surface area contributed by atoms with Gasteiger partial charge in [0.2, 0.25) is 0 Å². The first-order chi connectivity index (χ1) is 12.5. The number of rotatable bonds is 3. The molecule has 0 aliphatic heterocycles. The number of carbonyl (C=O) groups excluding carboxylic acids is 1. The monoisotopic (exact) mass is 382 g/mol. The highest BCUT2D eigenvalue weighted by Gasteiger charge is 2.14. The lowest BCUT2D eigenvalue weighted by Crippen LogP contribution is -2.22. The Hall–Kier alpha value is -2.81. The Labute approximate surface area is 160 Å². The van der Waals surface area contributed by atoms with Gasteiger partial charge in [0, 0.05) is 17.1 Å². The molecule has 4 nitrogen and oxygen atoms in total. The summed E-state index contributed by atoms with van der Waals surface area (Å²) in [6.45, 7) is 2.21. The Morgan fingerprint density at radius 1 is 1.15 bits per heavy atom. The van der Waals surface area contributed by atoms with E-state index in [1.807, 2.05) is 12.1 Å². The van der Waals surface area contributed by atoms with Gasteiger partial charge >= 0.3 is 0 Å². The van der Waals surface area contributed by atoms with Gasteiger partial charge in [-0.05, 0) is 54.8 Å². The summed E-state index contributed by atoms with van der Waals surface area (Å²) in [6.07, 6.45) is 0. The Balaban J connectivity index is 1.68. The lowest BCUT2D eigenvalue weighted by atomic mass is 10.2. The van der Waals surface area contributed by atoms with Crippen molar-refractivity contribution in [2.45, 2.75) is 13.5 Å². The Bertz CT molecular complexity index is 983. The lowest BCUT2D eigenvalue weighted by molar-refractivity contribution is 0.0954. The third-order valence-corrected chi connectivity index (χ3v) is 4.87. The van der Waals surface area contributed by atoms with Crippen molar-refractivity contribution in [2.75, 3.05) is 0 Å². The minimum atomic E-state index is -0.173. The lowest BCUT2D eigenvalue weighted by Gasteiger charge is -2.04. The highest BCUT2D eigenvalue weighted by molar-refractivity contribution is 7.14. The summed E-state index contributed by atoms with van der Waals surface area (Å²) < 4.78 is 0. The number of nitrogens with zero attached hydrogens (tertiary/aromatic N) is 1. The minimum absolute atomic E-state index is 0.173. The molecule has 0 aliphatic rings. The van der Waals surface area contributed by atoms with Gasteiger partial charge in [0.15, 0.2) is 5.01 Å². The van der Waals surface area contributed by atoms with Crippen LogP contribution in [-0.4, -0.2) is 16.0 Å². The number of benzene rings is 2. The molecule has 2 aromatic carbocycles. The van der Waals surface area contributed by atoms with Crippen LogP contribution in [0.5, 0.6) is 5.75 Å². The van der Waals surface area contributed by atoms with Crippen LogP contribution >= 0.6 is 22.9 Å². The van der Waals surface area contributed by atoms with Gasteiger partial charge in [-0.15, -0.1) is 11.3 Å². The predicted molar refractivity (Wildman–Crippen MR) is 104 cm³/mol. The van der Waals surface area contributed by atoms with Crippen molar-refractivity contribution >= 4 is 28.8 Å². The summed E-state index contributed by atoms with van der Waals surface area (Å²) in [7, 11) is 0. The molecular weight excluding hydrogens is 368 g/mol. The van der Waals surface area contributed by atoms with Gasteiger partial charge in [-0.25, -0.2) is 4.98 Å². The molecule has 1 aromatic heterocycles. The molecule has 0 fully saturated rings. The molecule has 3 rings (SSSR count). The number of halogens is 1. The topological polar surface area (TPSA) is 62.2 Å². The molecule has 0 aliphatic carbocycles. The Morgan fingerprint density at radius 2 is 1.85 bits per heavy atom. The smallest absolute Gasteiger partial charge is 0.263 e. The minimum Gasteiger partial charge on any atom is -0.508 e. The second-order valence-corrected chi connectivity index (χ2v) is 6.98. The molecule has 0 saturated carbocycles. The van der Waals surface area contributed by atoms with Crippen molar-refractivity contribution in [2.24, 2.45) is 0 Å². The molecule has 2 N–H and O–H groups in total. The molecule has 1 amide bonds. The molecule has 0 saturated heterocycles. The van der Waals surface area contributed by atoms with Gasteiger partial charge < -0.3 is 10.4 Å². The largest absolute Gasteiger partial charge is 0.508 e. The van der Waals surface area contributed by atoms with Crippen LogP contribution in [0.25, 0.3) is 0 Å². The van der Waals surface area contributed by atoms with Gasteiger partial charge in [0.05, 0.1) is 5.69 Å². The van der Waals surface area contributed by atoms with Gasteiger partial charge in [-0.2, -0.15) is 0 Å². The molecule has 1 heterocycles. The first kappa shape index (κ1) is 18.0. The number of phenolic OH excluding ortho intramolecular Hbond substituents is 1. The Morgan fingerprint density at radius 3 is 2.54 bits per heavy atom. The number of hydrogen-bond donors (Lipinski definition) is 2. The van der Waals surface area contributed by atoms with E-state index in [1.54, 1.807) is 43.3 Å². The molecule has 0 radical (unpaired) electrons.